The van der Waals surface area contributed by atoms with Gasteiger partial charge < -0.3 is 89.9 Å². The van der Waals surface area contributed by atoms with Crippen molar-refractivity contribution in [2.24, 2.45) is 0 Å². The van der Waals surface area contributed by atoms with Crippen LogP contribution in [0.2, 0.25) is 0 Å². The second kappa shape index (κ2) is 54.5. The van der Waals surface area contributed by atoms with Crippen molar-refractivity contribution in [3.63, 3.8) is 0 Å². The number of ether oxygens (including phenoxy) is 6. The van der Waals surface area contributed by atoms with Crippen molar-refractivity contribution in [2.45, 2.75) is 324 Å². The van der Waals surface area contributed by atoms with Crippen LogP contribution in [0.3, 0.4) is 0 Å². The summed E-state index contributed by atoms with van der Waals surface area (Å²) in [7, 11) is 0. The maximum Gasteiger partial charge on any atom is 0.220 e. The summed E-state index contributed by atoms with van der Waals surface area (Å²) < 4.78 is 34.3. The quantitative estimate of drug-likeness (QED) is 0.0199. The van der Waals surface area contributed by atoms with Gasteiger partial charge in [0.1, 0.15) is 73.2 Å². The number of carbonyl (C=O) groups excluding carboxylic acids is 1. The molecule has 1 amide bonds. The van der Waals surface area contributed by atoms with Crippen LogP contribution in [0.15, 0.2) is 109 Å². The lowest BCUT2D eigenvalue weighted by atomic mass is 9.96. The Kier molecular flexibility index (Phi) is 49.0. The van der Waals surface area contributed by atoms with E-state index >= 15 is 0 Å². The molecule has 3 fully saturated rings. The maximum atomic E-state index is 13.4. The fourth-order valence-electron chi connectivity index (χ4n) is 11.3. The molecule has 17 atom stereocenters. The van der Waals surface area contributed by atoms with Gasteiger partial charge in [0, 0.05) is 6.42 Å². The first-order chi connectivity index (χ1) is 45.3. The molecule has 12 N–H and O–H groups in total. The maximum absolute atomic E-state index is 13.4. The van der Waals surface area contributed by atoms with Crippen molar-refractivity contribution in [1.82, 2.24) is 5.32 Å². The lowest BCUT2D eigenvalue weighted by Gasteiger charge is -2.48. The third kappa shape index (κ3) is 36.0. The minimum absolute atomic E-state index is 0.230. The Morgan fingerprint density at radius 2 is 0.753 bits per heavy atom. The molecule has 19 heteroatoms. The number of aliphatic hydroxyl groups excluding tert-OH is 11. The summed E-state index contributed by atoms with van der Waals surface area (Å²) in [6.07, 6.45) is 46.7. The first-order valence-electron chi connectivity index (χ1n) is 35.6. The first kappa shape index (κ1) is 83.7. The molecule has 19 nitrogen and oxygen atoms in total. The van der Waals surface area contributed by atoms with Crippen LogP contribution >= 0.6 is 0 Å². The Morgan fingerprint density at radius 1 is 0.398 bits per heavy atom. The van der Waals surface area contributed by atoms with Crippen molar-refractivity contribution in [3.8, 4) is 0 Å². The average molecular weight is 1320 g/mol. The molecule has 0 aromatic carbocycles. The van der Waals surface area contributed by atoms with Crippen molar-refractivity contribution in [1.29, 1.82) is 0 Å². The number of rotatable bonds is 53. The van der Waals surface area contributed by atoms with Gasteiger partial charge in [-0.1, -0.05) is 232 Å². The molecule has 0 saturated carbocycles. The van der Waals surface area contributed by atoms with Gasteiger partial charge in [-0.15, -0.1) is 0 Å². The Morgan fingerprint density at radius 3 is 1.20 bits per heavy atom. The SMILES string of the molecule is CC/C=C\C/C=C\C/C=C\C/C=C\C/C=C\C/C=C\C/C=C\CCCCCCCCCCCCCCCCCC(=O)NC(COC1OC(CO)C(OC2OC(CO)C(OC3OC(CO)C(O)C(O)C3O)C(O)C2O)C(O)C1O)C(O)/C=C/CC/C=C/CCCCCCC. The molecule has 17 unspecified atom stereocenters. The molecule has 93 heavy (non-hydrogen) atoms. The number of allylic oxidation sites excluding steroid dienone is 17. The molecule has 3 saturated heterocycles. The van der Waals surface area contributed by atoms with Gasteiger partial charge in [-0.05, 0) is 89.9 Å². The number of amides is 1. The van der Waals surface area contributed by atoms with Crippen LogP contribution in [0.25, 0.3) is 0 Å². The molecule has 0 aromatic rings. The van der Waals surface area contributed by atoms with Crippen LogP contribution in [-0.4, -0.2) is 193 Å². The minimum atomic E-state index is -1.98. The van der Waals surface area contributed by atoms with Crippen LogP contribution in [0.5, 0.6) is 0 Å². The summed E-state index contributed by atoms with van der Waals surface area (Å²) >= 11 is 0. The second-order valence-electron chi connectivity index (χ2n) is 25.0. The number of hydrogen-bond donors (Lipinski definition) is 12. The molecule has 0 spiro atoms. The molecule has 0 radical (unpaired) electrons. The van der Waals surface area contributed by atoms with Crippen LogP contribution in [0, 0.1) is 0 Å². The van der Waals surface area contributed by atoms with Crippen molar-refractivity contribution in [3.05, 3.63) is 109 Å². The van der Waals surface area contributed by atoms with E-state index in [9.17, 15) is 61.0 Å². The standard InChI is InChI=1S/C74H125NO18/c1-3-5-7-9-11-13-15-16-17-18-19-20-21-22-23-24-25-26-27-28-29-30-31-32-33-34-35-36-37-38-39-40-42-44-46-48-50-52-62(80)75-57(58(79)51-49-47-45-43-41-14-12-10-8-6-4-2)56-88-72-68(86)65(83)70(60(54-77)90-72)93-74-69(87)66(84)71(61(55-78)91-74)92-73-67(85)64(82)63(81)59(53-76)89-73/h5,7,11,13,16-17,19-20,22-23,25-26,28-29,41,43,49,51,57-61,63-74,76-79,81-87H,3-4,6,8-10,12,14-15,18,21,24,27,30-40,42,44-48,50,52-56H2,1-2H3,(H,75,80)/b7-5-,13-11-,17-16-,20-19-,23-22-,26-25-,29-28-,43-41+,51-49+. The zero-order chi connectivity index (χ0) is 67.5. The topological polar surface area (TPSA) is 307 Å². The first-order valence-corrected chi connectivity index (χ1v) is 35.6. The summed E-state index contributed by atoms with van der Waals surface area (Å²) in [5.41, 5.74) is 0. The smallest absolute Gasteiger partial charge is 0.220 e. The summed E-state index contributed by atoms with van der Waals surface area (Å²) in [5.74, 6) is -0.291. The van der Waals surface area contributed by atoms with E-state index in [4.69, 9.17) is 28.4 Å². The lowest BCUT2D eigenvalue weighted by molar-refractivity contribution is -0.379. The zero-order valence-corrected chi connectivity index (χ0v) is 56.4. The number of unbranched alkanes of at least 4 members (excludes halogenated alkanes) is 21. The van der Waals surface area contributed by atoms with Crippen molar-refractivity contribution < 1.29 is 89.4 Å². The summed E-state index contributed by atoms with van der Waals surface area (Å²) in [4.78, 5) is 13.4. The van der Waals surface area contributed by atoms with Crippen LogP contribution in [0.1, 0.15) is 219 Å². The number of carbonyl (C=O) groups is 1. The third-order valence-electron chi connectivity index (χ3n) is 17.1. The predicted molar refractivity (Wildman–Crippen MR) is 364 cm³/mol. The van der Waals surface area contributed by atoms with Gasteiger partial charge in [0.2, 0.25) is 5.91 Å². The molecule has 3 aliphatic heterocycles. The molecule has 3 aliphatic rings. The highest BCUT2D eigenvalue weighted by Crippen LogP contribution is 2.33. The average Bonchev–Trinajstić information content (AvgIpc) is 0.805. The summed E-state index contributed by atoms with van der Waals surface area (Å²) in [5, 5.41) is 120. The largest absolute Gasteiger partial charge is 0.394 e. The normalized spacial score (nSPS) is 28.2. The molecule has 3 heterocycles. The summed E-state index contributed by atoms with van der Waals surface area (Å²) in [6.45, 7) is 1.55. The van der Waals surface area contributed by atoms with Gasteiger partial charge in [-0.2, -0.15) is 0 Å². The molecule has 0 aliphatic carbocycles. The Labute approximate surface area is 557 Å². The van der Waals surface area contributed by atoms with Crippen LogP contribution in [-0.2, 0) is 33.2 Å². The fraction of sp³-hybridized carbons (Fsp3) is 0.743. The number of aliphatic hydroxyl groups is 11. The molecular formula is C74H125NO18. The molecule has 0 aromatic heterocycles. The van der Waals surface area contributed by atoms with Crippen LogP contribution in [0.4, 0.5) is 0 Å². The summed E-state index contributed by atoms with van der Waals surface area (Å²) in [6, 6.07) is -0.994. The van der Waals surface area contributed by atoms with Gasteiger partial charge in [0.15, 0.2) is 18.9 Å². The van der Waals surface area contributed by atoms with E-state index in [0.29, 0.717) is 12.8 Å². The lowest BCUT2D eigenvalue weighted by Crippen LogP contribution is -2.66. The Hall–Kier alpha value is -3.55. The highest BCUT2D eigenvalue weighted by atomic mass is 16.8. The van der Waals surface area contributed by atoms with Gasteiger partial charge in [0.25, 0.3) is 0 Å². The molecule has 3 rings (SSSR count). The van der Waals surface area contributed by atoms with Gasteiger partial charge in [0.05, 0.1) is 38.6 Å². The fourth-order valence-corrected chi connectivity index (χ4v) is 11.3. The van der Waals surface area contributed by atoms with E-state index in [1.54, 1.807) is 6.08 Å². The second-order valence-corrected chi connectivity index (χ2v) is 25.0. The van der Waals surface area contributed by atoms with E-state index in [2.05, 4.69) is 116 Å². The Bertz CT molecular complexity index is 2110. The van der Waals surface area contributed by atoms with Crippen LogP contribution < -0.4 is 5.32 Å². The number of nitrogens with one attached hydrogen (secondary N) is 1. The molecule has 534 valence electrons. The van der Waals surface area contributed by atoms with E-state index in [1.165, 1.54) is 96.3 Å². The van der Waals surface area contributed by atoms with Gasteiger partial charge >= 0.3 is 0 Å². The molecule has 0 bridgehead atoms. The van der Waals surface area contributed by atoms with E-state index in [0.717, 1.165) is 89.9 Å². The Balaban J connectivity index is 1.32. The number of hydrogen-bond acceptors (Lipinski definition) is 18. The predicted octanol–water partition coefficient (Wildman–Crippen LogP) is 9.83. The van der Waals surface area contributed by atoms with E-state index < -0.39 is 124 Å². The minimum Gasteiger partial charge on any atom is -0.394 e. The van der Waals surface area contributed by atoms with Gasteiger partial charge in [-0.25, -0.2) is 0 Å². The highest BCUT2D eigenvalue weighted by Gasteiger charge is 2.53. The van der Waals surface area contributed by atoms with E-state index in [-0.39, 0.29) is 18.9 Å². The van der Waals surface area contributed by atoms with E-state index in [1.807, 2.05) is 6.08 Å². The third-order valence-corrected chi connectivity index (χ3v) is 17.1. The van der Waals surface area contributed by atoms with Crippen molar-refractivity contribution in [2.75, 3.05) is 26.4 Å². The van der Waals surface area contributed by atoms with Gasteiger partial charge in [-0.3, -0.25) is 4.79 Å². The highest BCUT2D eigenvalue weighted by molar-refractivity contribution is 5.76. The van der Waals surface area contributed by atoms with Crippen molar-refractivity contribution >= 4 is 5.91 Å². The zero-order valence-electron chi connectivity index (χ0n) is 56.4. The monoisotopic (exact) mass is 1320 g/mol. The molecular weight excluding hydrogens is 1190 g/mol.